The van der Waals surface area contributed by atoms with Crippen molar-refractivity contribution in [1.29, 1.82) is 0 Å². The topological polar surface area (TPSA) is 50.7 Å². The summed E-state index contributed by atoms with van der Waals surface area (Å²) < 4.78 is 0. The molecule has 0 radical (unpaired) electrons. The zero-order chi connectivity index (χ0) is 41.0. The molecular weight excluding hydrogens is 791 g/mol. The third kappa shape index (κ3) is 29.5. The van der Waals surface area contributed by atoms with Crippen LogP contribution in [0.25, 0.3) is 0 Å². The molecule has 4 atom stereocenters. The van der Waals surface area contributed by atoms with Crippen LogP contribution in [0.1, 0.15) is 124 Å². The standard InChI is InChI=1S/C15H23NS.C15H22S.C9H9NS.C4H11N.CH4.2H4P2/c1-5-6-10-16-15(17-4)11-14-12(2)8-7-9-13(14)3;1-4-5-6-10-14(16)11-15-12(2)8-7-9-13(15)3;1-7-4-3-5-8(2)9(7)10-6-11;1-2-3-4-5;;2*1-2/h7-9H,5-6,10-11H2,1-4H3;7-9H,4-6,10-11H2,1-3H3;3-5H,1-2H3;2-5H2,1H3;1H4;2*1-2H2. The van der Waals surface area contributed by atoms with E-state index in [2.05, 4.69) is 154 Å². The molecule has 0 amide bonds. The average molecular weight is 868 g/mol. The summed E-state index contributed by atoms with van der Waals surface area (Å²) in [5.41, 5.74) is 16.7. The SMILES string of the molecule is C.CCCCCC(=S)Cc1c(C)cccc1C.CCCCN.CCCCN=C(Cc1c(C)cccc1C)SC.Cc1cccc(C)c1N=C=S.PP.PP. The van der Waals surface area contributed by atoms with E-state index < -0.39 is 0 Å². The Morgan fingerprint density at radius 2 is 1.07 bits per heavy atom. The first-order valence-corrected chi connectivity index (χ1v) is 26.1. The second-order valence-corrected chi connectivity index (χ2v) is 14.1. The molecule has 0 saturated heterocycles. The molecule has 0 aliphatic carbocycles. The molecule has 0 aromatic heterocycles. The molecule has 3 rings (SSSR count). The summed E-state index contributed by atoms with van der Waals surface area (Å²) in [5, 5.41) is 3.63. The summed E-state index contributed by atoms with van der Waals surface area (Å²) in [7, 11) is 9.33. The molecule has 0 saturated carbocycles. The Bertz CT molecular complexity index is 1400. The number of hydrogen-bond acceptors (Lipinski definition) is 6. The van der Waals surface area contributed by atoms with Crippen molar-refractivity contribution in [2.24, 2.45) is 15.7 Å². The maximum atomic E-state index is 5.47. The number of nitrogens with zero attached hydrogens (tertiary/aromatic N) is 2. The highest BCUT2D eigenvalue weighted by Crippen LogP contribution is 2.22. The van der Waals surface area contributed by atoms with Crippen molar-refractivity contribution in [3.8, 4) is 0 Å². The number of aliphatic imine (C=N–C) groups is 2. The third-order valence-electron chi connectivity index (χ3n) is 8.24. The van der Waals surface area contributed by atoms with Crippen LogP contribution in [-0.4, -0.2) is 34.4 Å². The van der Waals surface area contributed by atoms with E-state index in [1.54, 1.807) is 11.8 Å². The van der Waals surface area contributed by atoms with Crippen molar-refractivity contribution in [3.63, 3.8) is 0 Å². The molecule has 0 fully saturated rings. The van der Waals surface area contributed by atoms with Crippen LogP contribution in [0.2, 0.25) is 0 Å². The van der Waals surface area contributed by atoms with Gasteiger partial charge in [-0.3, -0.25) is 4.99 Å². The number of unbranched alkanes of at least 4 members (excludes halogenated alkanes) is 4. The summed E-state index contributed by atoms with van der Waals surface area (Å²) in [6, 6.07) is 19.0. The fourth-order valence-electron chi connectivity index (χ4n) is 5.05. The Labute approximate surface area is 358 Å². The van der Waals surface area contributed by atoms with E-state index in [0.717, 1.165) is 49.2 Å². The highest BCUT2D eigenvalue weighted by atomic mass is 32.2. The molecule has 0 spiro atoms. The molecule has 0 heterocycles. The Balaban J connectivity index is -0.000000314. The maximum Gasteiger partial charge on any atom is 0.0797 e. The predicted molar refractivity (Wildman–Crippen MR) is 277 cm³/mol. The van der Waals surface area contributed by atoms with E-state index in [9.17, 15) is 0 Å². The number of thioether (sulfide) groups is 1. The van der Waals surface area contributed by atoms with Crippen molar-refractivity contribution in [2.45, 2.75) is 134 Å². The van der Waals surface area contributed by atoms with Crippen LogP contribution in [0, 0.1) is 41.5 Å². The van der Waals surface area contributed by atoms with Gasteiger partial charge in [0.25, 0.3) is 0 Å². The fraction of sp³-hybridized carbons (Fsp3) is 0.523. The van der Waals surface area contributed by atoms with Gasteiger partial charge in [0, 0.05) is 19.4 Å². The lowest BCUT2D eigenvalue weighted by atomic mass is 9.97. The molecule has 3 aromatic carbocycles. The number of benzene rings is 3. The lowest BCUT2D eigenvalue weighted by molar-refractivity contribution is 0.742. The Morgan fingerprint density at radius 1 is 0.667 bits per heavy atom. The molecule has 3 nitrogen and oxygen atoms in total. The van der Waals surface area contributed by atoms with Crippen molar-refractivity contribution in [1.82, 2.24) is 0 Å². The van der Waals surface area contributed by atoms with Crippen LogP contribution in [0.4, 0.5) is 5.69 Å². The van der Waals surface area contributed by atoms with Gasteiger partial charge < -0.3 is 5.73 Å². The maximum absolute atomic E-state index is 5.47. The van der Waals surface area contributed by atoms with E-state index in [-0.39, 0.29) is 7.43 Å². The van der Waals surface area contributed by atoms with Gasteiger partial charge in [-0.25, -0.2) is 0 Å². The number of aryl methyl sites for hydroxylation is 6. The molecule has 0 aliphatic heterocycles. The Morgan fingerprint density at radius 3 is 1.43 bits per heavy atom. The van der Waals surface area contributed by atoms with Gasteiger partial charge in [-0.2, -0.15) is 4.99 Å². The molecule has 0 bridgehead atoms. The zero-order valence-electron chi connectivity index (χ0n) is 34.7. The first kappa shape index (κ1) is 59.9. The van der Waals surface area contributed by atoms with Crippen molar-refractivity contribution in [3.05, 3.63) is 99.1 Å². The zero-order valence-corrected chi connectivity index (χ0v) is 41.8. The van der Waals surface area contributed by atoms with Crippen molar-refractivity contribution >= 4 is 92.7 Å². The molecule has 0 aliphatic rings. The van der Waals surface area contributed by atoms with Gasteiger partial charge in [-0.1, -0.05) is 121 Å². The van der Waals surface area contributed by atoms with Gasteiger partial charge in [0.2, 0.25) is 0 Å². The van der Waals surface area contributed by atoms with Gasteiger partial charge in [0.1, 0.15) is 0 Å². The number of rotatable bonds is 14. The van der Waals surface area contributed by atoms with Crippen LogP contribution < -0.4 is 5.73 Å². The van der Waals surface area contributed by atoms with Gasteiger partial charge in [-0.05, 0) is 142 Å². The number of thiocarbonyl (C=S) groups is 2. The average Bonchev–Trinajstić information content (AvgIpc) is 3.15. The van der Waals surface area contributed by atoms with Crippen LogP contribution in [0.5, 0.6) is 0 Å². The fourth-order valence-corrected chi connectivity index (χ4v) is 5.94. The molecule has 306 valence electrons. The van der Waals surface area contributed by atoms with Crippen molar-refractivity contribution in [2.75, 3.05) is 19.3 Å². The molecule has 54 heavy (non-hydrogen) atoms. The highest BCUT2D eigenvalue weighted by Gasteiger charge is 2.07. The second-order valence-electron chi connectivity index (χ2n) is 12.5. The van der Waals surface area contributed by atoms with Crippen LogP contribution >= 0.6 is 71.9 Å². The first-order valence-electron chi connectivity index (χ1n) is 18.7. The Kier molecular flexibility index (Phi) is 46.5. The number of isothiocyanates is 1. The summed E-state index contributed by atoms with van der Waals surface area (Å²) >= 11 is 11.8. The summed E-state index contributed by atoms with van der Waals surface area (Å²) in [6.45, 7) is 21.1. The minimum absolute atomic E-state index is 0. The smallest absolute Gasteiger partial charge is 0.0797 e. The molecule has 2 N–H and O–H groups in total. The molecule has 4 unspecified atom stereocenters. The van der Waals surface area contributed by atoms with E-state index in [4.69, 9.17) is 18.0 Å². The normalized spacial score (nSPS) is 9.65. The molecule has 10 heteroatoms. The van der Waals surface area contributed by atoms with Crippen molar-refractivity contribution < 1.29 is 0 Å². The largest absolute Gasteiger partial charge is 0.330 e. The van der Waals surface area contributed by atoms with Gasteiger partial charge >= 0.3 is 0 Å². The van der Waals surface area contributed by atoms with Gasteiger partial charge in [0.05, 0.1) is 15.9 Å². The third-order valence-corrected chi connectivity index (χ3v) is 9.42. The molecular formula is C44H77N3P4S3. The minimum atomic E-state index is 0. The van der Waals surface area contributed by atoms with E-state index in [1.807, 2.05) is 32.0 Å². The minimum Gasteiger partial charge on any atom is -0.330 e. The predicted octanol–water partition coefficient (Wildman–Crippen LogP) is 14.9. The van der Waals surface area contributed by atoms with E-state index >= 15 is 0 Å². The monoisotopic (exact) mass is 867 g/mol. The van der Waals surface area contributed by atoms with E-state index in [0.29, 0.717) is 0 Å². The number of hydrogen-bond donors (Lipinski definition) is 1. The van der Waals surface area contributed by atoms with Crippen LogP contribution in [0.3, 0.4) is 0 Å². The number of para-hydroxylation sites is 1. The quantitative estimate of drug-likeness (QED) is 0.0577. The van der Waals surface area contributed by atoms with Gasteiger partial charge in [-0.15, -0.1) is 47.5 Å². The summed E-state index contributed by atoms with van der Waals surface area (Å²) in [6.07, 6.45) is 13.8. The summed E-state index contributed by atoms with van der Waals surface area (Å²) in [5.74, 6) is 0. The second kappa shape index (κ2) is 41.9. The van der Waals surface area contributed by atoms with Crippen LogP contribution in [-0.2, 0) is 12.8 Å². The number of nitrogens with two attached hydrogens (primary N) is 1. The lowest BCUT2D eigenvalue weighted by Gasteiger charge is -2.10. The van der Waals surface area contributed by atoms with Gasteiger partial charge in [0.15, 0.2) is 0 Å². The molecule has 3 aromatic rings. The Hall–Kier alpha value is -0.750. The van der Waals surface area contributed by atoms with E-state index in [1.165, 1.54) is 88.2 Å². The van der Waals surface area contributed by atoms with Crippen LogP contribution in [0.15, 0.2) is 64.6 Å². The first-order chi connectivity index (χ1) is 25.5. The highest BCUT2D eigenvalue weighted by molar-refractivity contribution is 8.13. The lowest BCUT2D eigenvalue weighted by Crippen LogP contribution is -2.03. The summed E-state index contributed by atoms with van der Waals surface area (Å²) in [4.78, 5) is 9.87.